The van der Waals surface area contributed by atoms with Crippen LogP contribution in [0.15, 0.2) is 78.9 Å². The lowest BCUT2D eigenvalue weighted by Crippen LogP contribution is -2.05. The summed E-state index contributed by atoms with van der Waals surface area (Å²) in [7, 11) is 0. The molecule has 4 heteroatoms. The molecule has 3 aromatic carbocycles. The zero-order chi connectivity index (χ0) is 20.4. The highest BCUT2D eigenvalue weighted by Gasteiger charge is 2.19. The van der Waals surface area contributed by atoms with E-state index < -0.39 is 0 Å². The first-order chi connectivity index (χ1) is 14.0. The van der Waals surface area contributed by atoms with Gasteiger partial charge in [0.05, 0.1) is 11.1 Å². The van der Waals surface area contributed by atoms with E-state index in [9.17, 15) is 9.18 Å². The highest BCUT2D eigenvalue weighted by atomic mass is 35.5. The molecule has 29 heavy (non-hydrogen) atoms. The van der Waals surface area contributed by atoms with E-state index in [0.29, 0.717) is 16.3 Å². The molecule has 0 aliphatic carbocycles. The number of fused-ring (bicyclic) bond motifs is 1. The van der Waals surface area contributed by atoms with Gasteiger partial charge in [-0.3, -0.25) is 9.78 Å². The van der Waals surface area contributed by atoms with Crippen molar-refractivity contribution in [3.05, 3.63) is 107 Å². The number of nitrogens with zero attached hydrogens (tertiary/aromatic N) is 1. The molecule has 0 fully saturated rings. The van der Waals surface area contributed by atoms with Gasteiger partial charge in [0.1, 0.15) is 5.82 Å². The first-order valence-electron chi connectivity index (χ1n) is 9.16. The third-order valence-electron chi connectivity index (χ3n) is 4.73. The summed E-state index contributed by atoms with van der Waals surface area (Å²) < 4.78 is 13.1. The van der Waals surface area contributed by atoms with Gasteiger partial charge in [-0.15, -0.1) is 0 Å². The molecular formula is C25H17ClFNO. The first-order valence-corrected chi connectivity index (χ1v) is 9.54. The van der Waals surface area contributed by atoms with Crippen LogP contribution in [0.5, 0.6) is 0 Å². The van der Waals surface area contributed by atoms with Crippen LogP contribution in [0.3, 0.4) is 0 Å². The minimum absolute atomic E-state index is 0.167. The molecule has 0 N–H and O–H groups in total. The number of aryl methyl sites for hydroxylation is 1. The molecule has 0 aliphatic heterocycles. The standard InChI is InChI=1S/C25H17ClFNO/c1-16-24(23(29)14-9-17-7-11-20(27)12-8-17)25(18-5-3-2-4-6-18)21-15-19(26)10-13-22(21)28-16/h2-15H,1H3. The van der Waals surface area contributed by atoms with Gasteiger partial charge in [0, 0.05) is 21.7 Å². The van der Waals surface area contributed by atoms with Crippen LogP contribution in [0.25, 0.3) is 28.1 Å². The Morgan fingerprint density at radius 2 is 1.72 bits per heavy atom. The fraction of sp³-hybridized carbons (Fsp3) is 0.0400. The van der Waals surface area contributed by atoms with E-state index >= 15 is 0 Å². The summed E-state index contributed by atoms with van der Waals surface area (Å²) in [5.41, 5.74) is 4.44. The Morgan fingerprint density at radius 3 is 2.45 bits per heavy atom. The second-order valence-electron chi connectivity index (χ2n) is 6.72. The van der Waals surface area contributed by atoms with E-state index in [1.807, 2.05) is 49.4 Å². The molecule has 2 nitrogen and oxygen atoms in total. The van der Waals surface area contributed by atoms with Gasteiger partial charge in [-0.05, 0) is 54.5 Å². The fourth-order valence-corrected chi connectivity index (χ4v) is 3.57. The summed E-state index contributed by atoms with van der Waals surface area (Å²) in [6.07, 6.45) is 3.18. The summed E-state index contributed by atoms with van der Waals surface area (Å²) >= 11 is 6.25. The molecule has 1 heterocycles. The summed E-state index contributed by atoms with van der Waals surface area (Å²) in [4.78, 5) is 17.8. The van der Waals surface area contributed by atoms with Gasteiger partial charge in [-0.2, -0.15) is 0 Å². The van der Waals surface area contributed by atoms with Crippen molar-refractivity contribution in [2.45, 2.75) is 6.92 Å². The number of ketones is 1. The Hall–Kier alpha value is -3.30. The van der Waals surface area contributed by atoms with Crippen LogP contribution in [0.2, 0.25) is 5.02 Å². The summed E-state index contributed by atoms with van der Waals surface area (Å²) in [6.45, 7) is 1.83. The molecule has 0 bridgehead atoms. The Labute approximate surface area is 173 Å². The third-order valence-corrected chi connectivity index (χ3v) is 4.97. The summed E-state index contributed by atoms with van der Waals surface area (Å²) in [5.74, 6) is -0.480. The highest BCUT2D eigenvalue weighted by Crippen LogP contribution is 2.35. The topological polar surface area (TPSA) is 30.0 Å². The van der Waals surface area contributed by atoms with Crippen molar-refractivity contribution in [3.63, 3.8) is 0 Å². The zero-order valence-electron chi connectivity index (χ0n) is 15.7. The van der Waals surface area contributed by atoms with Crippen molar-refractivity contribution in [3.8, 4) is 11.1 Å². The third kappa shape index (κ3) is 3.96. The lowest BCUT2D eigenvalue weighted by atomic mass is 9.92. The SMILES string of the molecule is Cc1nc2ccc(Cl)cc2c(-c2ccccc2)c1C(=O)C=Cc1ccc(F)cc1. The van der Waals surface area contributed by atoms with Crippen molar-refractivity contribution < 1.29 is 9.18 Å². The van der Waals surface area contributed by atoms with Gasteiger partial charge in [-0.1, -0.05) is 60.1 Å². The van der Waals surface area contributed by atoms with Crippen molar-refractivity contribution >= 4 is 34.4 Å². The van der Waals surface area contributed by atoms with E-state index in [4.69, 9.17) is 11.6 Å². The van der Waals surface area contributed by atoms with Gasteiger partial charge >= 0.3 is 0 Å². The average molecular weight is 402 g/mol. The quantitative estimate of drug-likeness (QED) is 0.275. The van der Waals surface area contributed by atoms with Crippen LogP contribution >= 0.6 is 11.6 Å². The van der Waals surface area contributed by atoms with Gasteiger partial charge in [0.2, 0.25) is 0 Å². The number of halogens is 2. The van der Waals surface area contributed by atoms with Crippen molar-refractivity contribution in [1.82, 2.24) is 4.98 Å². The maximum atomic E-state index is 13.2. The molecule has 0 spiro atoms. The van der Waals surface area contributed by atoms with Crippen LogP contribution in [0.1, 0.15) is 21.6 Å². The number of rotatable bonds is 4. The molecule has 142 valence electrons. The molecule has 4 rings (SSSR count). The van der Waals surface area contributed by atoms with Crippen molar-refractivity contribution in [2.75, 3.05) is 0 Å². The maximum absolute atomic E-state index is 13.2. The number of carbonyl (C=O) groups excluding carboxylic acids is 1. The largest absolute Gasteiger partial charge is 0.289 e. The molecule has 0 saturated carbocycles. The summed E-state index contributed by atoms with van der Waals surface area (Å²) in [6, 6.07) is 21.2. The van der Waals surface area contributed by atoms with Crippen LogP contribution in [0, 0.1) is 12.7 Å². The molecule has 4 aromatic rings. The van der Waals surface area contributed by atoms with Crippen LogP contribution in [-0.2, 0) is 0 Å². The number of hydrogen-bond acceptors (Lipinski definition) is 2. The molecule has 0 unspecified atom stereocenters. The fourth-order valence-electron chi connectivity index (χ4n) is 3.39. The predicted octanol–water partition coefficient (Wildman–Crippen LogP) is 6.90. The number of pyridine rings is 1. The minimum atomic E-state index is -0.314. The lowest BCUT2D eigenvalue weighted by Gasteiger charge is -2.14. The van der Waals surface area contributed by atoms with Crippen LogP contribution < -0.4 is 0 Å². The molecule has 1 aromatic heterocycles. The van der Waals surface area contributed by atoms with E-state index in [-0.39, 0.29) is 11.6 Å². The Morgan fingerprint density at radius 1 is 1.00 bits per heavy atom. The summed E-state index contributed by atoms with van der Waals surface area (Å²) in [5, 5.41) is 1.41. The van der Waals surface area contributed by atoms with E-state index in [0.717, 1.165) is 27.6 Å². The van der Waals surface area contributed by atoms with Crippen molar-refractivity contribution in [1.29, 1.82) is 0 Å². The van der Waals surface area contributed by atoms with Gasteiger partial charge in [-0.25, -0.2) is 4.39 Å². The normalized spacial score (nSPS) is 11.3. The monoisotopic (exact) mass is 401 g/mol. The molecule has 0 radical (unpaired) electrons. The first kappa shape index (κ1) is 19.0. The predicted molar refractivity (Wildman–Crippen MR) is 117 cm³/mol. The second kappa shape index (κ2) is 7.98. The molecule has 0 saturated heterocycles. The molecule has 0 amide bonds. The Balaban J connectivity index is 1.90. The minimum Gasteiger partial charge on any atom is -0.289 e. The molecule has 0 aliphatic rings. The van der Waals surface area contributed by atoms with Gasteiger partial charge < -0.3 is 0 Å². The van der Waals surface area contributed by atoms with Crippen molar-refractivity contribution in [2.24, 2.45) is 0 Å². The van der Waals surface area contributed by atoms with Gasteiger partial charge in [0.15, 0.2) is 5.78 Å². The van der Waals surface area contributed by atoms with Crippen LogP contribution in [0.4, 0.5) is 4.39 Å². The smallest absolute Gasteiger partial charge is 0.188 e. The maximum Gasteiger partial charge on any atom is 0.188 e. The molecule has 0 atom stereocenters. The zero-order valence-corrected chi connectivity index (χ0v) is 16.5. The number of carbonyl (C=O) groups is 1. The number of allylic oxidation sites excluding steroid dienone is 1. The molecular weight excluding hydrogens is 385 g/mol. The lowest BCUT2D eigenvalue weighted by molar-refractivity contribution is 0.104. The highest BCUT2D eigenvalue weighted by molar-refractivity contribution is 6.31. The van der Waals surface area contributed by atoms with E-state index in [1.165, 1.54) is 18.2 Å². The van der Waals surface area contributed by atoms with E-state index in [1.54, 1.807) is 24.3 Å². The van der Waals surface area contributed by atoms with E-state index in [2.05, 4.69) is 4.98 Å². The number of aromatic nitrogens is 1. The number of benzene rings is 3. The number of hydrogen-bond donors (Lipinski definition) is 0. The average Bonchev–Trinajstić information content (AvgIpc) is 2.73. The second-order valence-corrected chi connectivity index (χ2v) is 7.16. The van der Waals surface area contributed by atoms with Gasteiger partial charge in [0.25, 0.3) is 0 Å². The van der Waals surface area contributed by atoms with Crippen LogP contribution in [-0.4, -0.2) is 10.8 Å². The Kier molecular flexibility index (Phi) is 5.24. The Bertz CT molecular complexity index is 1230.